The van der Waals surface area contributed by atoms with E-state index in [1.54, 1.807) is 6.26 Å². The minimum absolute atomic E-state index is 0.389. The third kappa shape index (κ3) is 3.92. The van der Waals surface area contributed by atoms with Crippen LogP contribution < -0.4 is 4.72 Å². The van der Waals surface area contributed by atoms with Crippen molar-refractivity contribution < 1.29 is 13.1 Å². The summed E-state index contributed by atoms with van der Waals surface area (Å²) in [5, 5.41) is 0. The van der Waals surface area contributed by atoms with E-state index in [-0.39, 0.29) is 4.75 Å². The third-order valence-electron chi connectivity index (χ3n) is 6.41. The Bertz CT molecular complexity index is 821. The van der Waals surface area contributed by atoms with E-state index in [9.17, 15) is 4.21 Å². The van der Waals surface area contributed by atoms with Crippen molar-refractivity contribution >= 4 is 19.3 Å². The summed E-state index contributed by atoms with van der Waals surface area (Å²) in [6.07, 6.45) is 2.41. The lowest BCUT2D eigenvalue weighted by Crippen LogP contribution is -2.48. The Kier molecular flexibility index (Phi) is 6.31. The van der Waals surface area contributed by atoms with Gasteiger partial charge < -0.3 is 8.84 Å². The number of benzene rings is 1. The van der Waals surface area contributed by atoms with E-state index in [1.807, 2.05) is 39.0 Å². The van der Waals surface area contributed by atoms with Gasteiger partial charge in [-0.2, -0.15) is 0 Å². The van der Waals surface area contributed by atoms with Crippen molar-refractivity contribution in [2.24, 2.45) is 0 Å². The van der Waals surface area contributed by atoms with Crippen LogP contribution in [0.5, 0.6) is 0 Å². The van der Waals surface area contributed by atoms with Gasteiger partial charge in [0.2, 0.25) is 0 Å². The number of hydrogen-bond donors (Lipinski definition) is 1. The van der Waals surface area contributed by atoms with Gasteiger partial charge in [0.05, 0.1) is 22.0 Å². The van der Waals surface area contributed by atoms with Gasteiger partial charge in [0, 0.05) is 6.42 Å². The van der Waals surface area contributed by atoms with Crippen LogP contribution in [0.15, 0.2) is 53.1 Å². The first-order chi connectivity index (χ1) is 13.7. The van der Waals surface area contributed by atoms with Crippen LogP contribution in [0.4, 0.5) is 0 Å². The Morgan fingerprint density at radius 1 is 1.07 bits per heavy atom. The summed E-state index contributed by atoms with van der Waals surface area (Å²) in [5.41, 5.74) is -0.0725. The van der Waals surface area contributed by atoms with Gasteiger partial charge in [0.1, 0.15) is 16.9 Å². The van der Waals surface area contributed by atoms with Crippen LogP contribution in [0.1, 0.15) is 59.3 Å². The van der Waals surface area contributed by atoms with Crippen molar-refractivity contribution in [3.63, 3.8) is 0 Å². The first kappa shape index (κ1) is 22.5. The van der Waals surface area contributed by atoms with Crippen molar-refractivity contribution in [1.82, 2.24) is 4.72 Å². The minimum Gasteiger partial charge on any atom is -0.467 e. The van der Waals surface area contributed by atoms with E-state index < -0.39 is 30.4 Å². The quantitative estimate of drug-likeness (QED) is 0.505. The fourth-order valence-electron chi connectivity index (χ4n) is 4.19. The summed E-state index contributed by atoms with van der Waals surface area (Å²) in [4.78, 5) is 0. The molecule has 0 unspecified atom stereocenters. The topological polar surface area (TPSA) is 51.5 Å². The van der Waals surface area contributed by atoms with E-state index in [1.165, 1.54) is 0 Å². The largest absolute Gasteiger partial charge is 0.467 e. The molecule has 29 heavy (non-hydrogen) atoms. The molecule has 1 heterocycles. The van der Waals surface area contributed by atoms with Gasteiger partial charge in [-0.25, -0.2) is 8.93 Å². The number of hydrogen-bond acceptors (Lipinski definition) is 3. The number of furan rings is 1. The maximum absolute atomic E-state index is 13.2. The lowest BCUT2D eigenvalue weighted by molar-refractivity contribution is 0.124. The molecule has 1 aromatic heterocycles. The van der Waals surface area contributed by atoms with Gasteiger partial charge in [-0.15, -0.1) is 0 Å². The number of nitrogens with one attached hydrogen (secondary N) is 1. The highest BCUT2D eigenvalue weighted by Crippen LogP contribution is 2.66. The molecular weight excluding hydrogens is 398 g/mol. The van der Waals surface area contributed by atoms with Gasteiger partial charge in [0.15, 0.2) is 8.32 Å². The summed E-state index contributed by atoms with van der Waals surface area (Å²) in [7, 11) is -3.21. The molecule has 0 bridgehead atoms. The highest BCUT2D eigenvalue weighted by Gasteiger charge is 2.74. The van der Waals surface area contributed by atoms with Crippen molar-refractivity contribution in [3.8, 4) is 0 Å². The molecule has 1 aliphatic carbocycles. The van der Waals surface area contributed by atoms with Crippen molar-refractivity contribution in [2.45, 2.75) is 82.0 Å². The van der Waals surface area contributed by atoms with Crippen molar-refractivity contribution in [3.05, 3.63) is 60.1 Å². The Labute approximate surface area is 179 Å². The van der Waals surface area contributed by atoms with Gasteiger partial charge in [-0.1, -0.05) is 51.1 Å². The zero-order chi connectivity index (χ0) is 21.3. The summed E-state index contributed by atoms with van der Waals surface area (Å²) in [6, 6.07) is 17.5. The van der Waals surface area contributed by atoms with Gasteiger partial charge in [-0.05, 0) is 56.6 Å². The monoisotopic (exact) mass is 433 g/mol. The highest BCUT2D eigenvalue weighted by molar-refractivity contribution is 7.84. The maximum atomic E-state index is 13.2. The Hall–Kier alpha value is -1.21. The second kappa shape index (κ2) is 8.14. The summed E-state index contributed by atoms with van der Waals surface area (Å²) in [6.45, 7) is 12.7. The average Bonchev–Trinajstić information content (AvgIpc) is 3.07. The highest BCUT2D eigenvalue weighted by atomic mass is 32.2. The van der Waals surface area contributed by atoms with E-state index in [0.717, 1.165) is 29.5 Å². The van der Waals surface area contributed by atoms with Crippen LogP contribution in [0.3, 0.4) is 0 Å². The second-order valence-corrected chi connectivity index (χ2v) is 15.7. The molecule has 4 nitrogen and oxygen atoms in total. The molecule has 0 amide bonds. The number of rotatable bonds is 9. The molecule has 3 atom stereocenters. The van der Waals surface area contributed by atoms with Crippen molar-refractivity contribution in [2.75, 3.05) is 0 Å². The zero-order valence-corrected chi connectivity index (χ0v) is 20.4. The van der Waals surface area contributed by atoms with E-state index in [4.69, 9.17) is 8.84 Å². The van der Waals surface area contributed by atoms with Crippen LogP contribution in [0.25, 0.3) is 0 Å². The van der Waals surface area contributed by atoms with Crippen LogP contribution in [0.2, 0.25) is 18.1 Å². The van der Waals surface area contributed by atoms with E-state index in [0.29, 0.717) is 6.42 Å². The molecule has 1 saturated carbocycles. The molecule has 160 valence electrons. The van der Waals surface area contributed by atoms with Gasteiger partial charge in [-0.3, -0.25) is 0 Å². The van der Waals surface area contributed by atoms with Gasteiger partial charge >= 0.3 is 0 Å². The van der Waals surface area contributed by atoms with Crippen molar-refractivity contribution in [1.29, 1.82) is 0 Å². The van der Waals surface area contributed by atoms with E-state index in [2.05, 4.69) is 49.8 Å². The second-order valence-electron chi connectivity index (χ2n) is 9.08. The Balaban J connectivity index is 2.14. The summed E-state index contributed by atoms with van der Waals surface area (Å²) >= 11 is 0. The molecule has 1 fully saturated rings. The molecule has 3 rings (SSSR count). The standard InChI is InChI=1S/C23H35NO3SSi/c1-7-29(8-2,9-3)27-23(19-14-11-10-12-15-19)18-22(23,20-16-13-17-26-20)24-28(25)21(4,5)6/h10-17,24H,7-9,18H2,1-6H3/t22-,23+,28-/m1/s1. The summed E-state index contributed by atoms with van der Waals surface area (Å²) in [5.74, 6) is 0.796. The normalized spacial score (nSPS) is 25.7. The maximum Gasteiger partial charge on any atom is 0.193 e. The molecule has 1 N–H and O–H groups in total. The zero-order valence-electron chi connectivity index (χ0n) is 18.6. The fraction of sp³-hybridized carbons (Fsp3) is 0.565. The SMILES string of the molecule is CC[Si](CC)(CC)O[C@]1(c2ccccc2)C[C@@]1(N[S@](=O)C(C)(C)C)c1ccco1. The first-order valence-electron chi connectivity index (χ1n) is 10.7. The average molecular weight is 434 g/mol. The minimum atomic E-state index is -1.95. The molecule has 0 aliphatic heterocycles. The predicted octanol–water partition coefficient (Wildman–Crippen LogP) is 5.85. The van der Waals surface area contributed by atoms with Crippen LogP contribution in [-0.4, -0.2) is 17.3 Å². The van der Waals surface area contributed by atoms with Crippen LogP contribution in [-0.2, 0) is 26.6 Å². The molecule has 0 saturated heterocycles. The van der Waals surface area contributed by atoms with Crippen LogP contribution in [0, 0.1) is 0 Å². The fourth-order valence-corrected chi connectivity index (χ4v) is 8.19. The molecular formula is C23H35NO3SSi. The van der Waals surface area contributed by atoms with E-state index >= 15 is 0 Å². The van der Waals surface area contributed by atoms with Crippen LogP contribution >= 0.6 is 0 Å². The molecule has 1 aliphatic rings. The lowest BCUT2D eigenvalue weighted by Gasteiger charge is -2.37. The molecule has 6 heteroatoms. The Morgan fingerprint density at radius 3 is 2.17 bits per heavy atom. The summed E-state index contributed by atoms with van der Waals surface area (Å²) < 4.78 is 29.4. The molecule has 1 aromatic carbocycles. The lowest BCUT2D eigenvalue weighted by atomic mass is 10.0. The Morgan fingerprint density at radius 2 is 1.69 bits per heavy atom. The van der Waals surface area contributed by atoms with Gasteiger partial charge in [0.25, 0.3) is 0 Å². The predicted molar refractivity (Wildman–Crippen MR) is 122 cm³/mol. The third-order valence-corrected chi connectivity index (χ3v) is 12.7. The molecule has 2 aromatic rings. The smallest absolute Gasteiger partial charge is 0.193 e. The molecule has 0 spiro atoms. The molecule has 0 radical (unpaired) electrons. The first-order valence-corrected chi connectivity index (χ1v) is 14.4.